The molecule has 0 fully saturated rings. The maximum absolute atomic E-state index is 9.88. The molecule has 0 radical (unpaired) electrons. The highest BCUT2D eigenvalue weighted by molar-refractivity contribution is 4.75. The lowest BCUT2D eigenvalue weighted by atomic mass is 9.96. The van der Waals surface area contributed by atoms with Crippen molar-refractivity contribution in [1.82, 2.24) is 10.2 Å². The summed E-state index contributed by atoms with van der Waals surface area (Å²) in [4.78, 5) is 2.19. The second kappa shape index (κ2) is 5.99. The molecule has 0 spiro atoms. The van der Waals surface area contributed by atoms with Crippen LogP contribution in [-0.2, 0) is 0 Å². The zero-order valence-electron chi connectivity index (χ0n) is 12.1. The first-order valence-corrected chi connectivity index (χ1v) is 6.11. The van der Waals surface area contributed by atoms with Gasteiger partial charge < -0.3 is 15.3 Å². The van der Waals surface area contributed by atoms with Crippen LogP contribution in [0.4, 0.5) is 0 Å². The molecule has 0 amide bonds. The van der Waals surface area contributed by atoms with Crippen LogP contribution in [0.2, 0.25) is 0 Å². The Hall–Kier alpha value is -0.120. The van der Waals surface area contributed by atoms with Crippen molar-refractivity contribution in [3.05, 3.63) is 0 Å². The van der Waals surface area contributed by atoms with Gasteiger partial charge in [-0.1, -0.05) is 20.8 Å². The van der Waals surface area contributed by atoms with Crippen molar-refractivity contribution in [1.29, 1.82) is 0 Å². The third-order valence-corrected chi connectivity index (χ3v) is 2.13. The fourth-order valence-corrected chi connectivity index (χ4v) is 1.72. The average Bonchev–Trinajstić information content (AvgIpc) is 1.95. The van der Waals surface area contributed by atoms with E-state index in [0.717, 1.165) is 13.1 Å². The van der Waals surface area contributed by atoms with Gasteiger partial charge in [0.05, 0.1) is 6.10 Å². The summed E-state index contributed by atoms with van der Waals surface area (Å²) in [6, 6.07) is 0. The quantitative estimate of drug-likeness (QED) is 0.755. The van der Waals surface area contributed by atoms with Crippen LogP contribution in [0.15, 0.2) is 0 Å². The van der Waals surface area contributed by atoms with E-state index in [-0.39, 0.29) is 17.1 Å². The predicted octanol–water partition coefficient (Wildman–Crippen LogP) is 1.71. The van der Waals surface area contributed by atoms with E-state index in [9.17, 15) is 5.11 Å². The van der Waals surface area contributed by atoms with Crippen molar-refractivity contribution in [2.75, 3.05) is 26.7 Å². The lowest BCUT2D eigenvalue weighted by molar-refractivity contribution is 0.101. The summed E-state index contributed by atoms with van der Waals surface area (Å²) in [5, 5.41) is 13.2. The molecule has 0 aromatic rings. The molecule has 0 saturated carbocycles. The van der Waals surface area contributed by atoms with Crippen molar-refractivity contribution in [3.63, 3.8) is 0 Å². The van der Waals surface area contributed by atoms with E-state index in [2.05, 4.69) is 58.8 Å². The van der Waals surface area contributed by atoms with Crippen LogP contribution in [0.5, 0.6) is 0 Å². The zero-order valence-corrected chi connectivity index (χ0v) is 12.1. The van der Waals surface area contributed by atoms with E-state index in [0.29, 0.717) is 6.54 Å². The van der Waals surface area contributed by atoms with Gasteiger partial charge >= 0.3 is 0 Å². The van der Waals surface area contributed by atoms with Gasteiger partial charge in [0.25, 0.3) is 0 Å². The summed E-state index contributed by atoms with van der Waals surface area (Å²) in [6.45, 7) is 15.3. The summed E-state index contributed by atoms with van der Waals surface area (Å²) < 4.78 is 0. The molecular formula is C13H30N2O. The van der Waals surface area contributed by atoms with E-state index in [1.165, 1.54) is 0 Å². The second-order valence-corrected chi connectivity index (χ2v) is 7.04. The molecule has 98 valence electrons. The smallest absolute Gasteiger partial charge is 0.0791 e. The molecule has 0 aromatic carbocycles. The molecule has 0 rings (SSSR count). The van der Waals surface area contributed by atoms with Crippen molar-refractivity contribution >= 4 is 0 Å². The largest absolute Gasteiger partial charge is 0.390 e. The molecular weight excluding hydrogens is 200 g/mol. The van der Waals surface area contributed by atoms with Crippen molar-refractivity contribution in [2.45, 2.75) is 53.2 Å². The van der Waals surface area contributed by atoms with Gasteiger partial charge in [-0.3, -0.25) is 0 Å². The Balaban J connectivity index is 3.83. The van der Waals surface area contributed by atoms with Crippen LogP contribution in [0.1, 0.15) is 41.5 Å². The molecule has 0 aliphatic rings. The predicted molar refractivity (Wildman–Crippen MR) is 70.7 cm³/mol. The molecule has 2 N–H and O–H groups in total. The molecule has 3 nitrogen and oxygen atoms in total. The fourth-order valence-electron chi connectivity index (χ4n) is 1.72. The topological polar surface area (TPSA) is 35.5 Å². The number of aliphatic hydroxyl groups excluding tert-OH is 1. The summed E-state index contributed by atoms with van der Waals surface area (Å²) >= 11 is 0. The minimum Gasteiger partial charge on any atom is -0.390 e. The number of nitrogens with one attached hydrogen (secondary N) is 1. The molecule has 0 aromatic heterocycles. The third-order valence-electron chi connectivity index (χ3n) is 2.13. The number of aliphatic hydroxyl groups is 1. The molecule has 0 saturated heterocycles. The minimum atomic E-state index is -0.299. The summed E-state index contributed by atoms with van der Waals surface area (Å²) in [6.07, 6.45) is -0.299. The summed E-state index contributed by atoms with van der Waals surface area (Å²) in [5.41, 5.74) is 0.357. The van der Waals surface area contributed by atoms with Crippen LogP contribution in [0, 0.1) is 5.41 Å². The van der Waals surface area contributed by atoms with E-state index in [1.807, 2.05) is 0 Å². The third kappa shape index (κ3) is 10.4. The Morgan fingerprint density at radius 1 is 1.12 bits per heavy atom. The standard InChI is InChI=1S/C13H30N2O/c1-12(2,3)10-15(7)9-11(16)8-14-13(4,5)6/h11,14,16H,8-10H2,1-7H3. The van der Waals surface area contributed by atoms with Crippen LogP contribution >= 0.6 is 0 Å². The molecule has 1 unspecified atom stereocenters. The average molecular weight is 230 g/mol. The van der Waals surface area contributed by atoms with Crippen LogP contribution < -0.4 is 5.32 Å². The summed E-state index contributed by atoms with van der Waals surface area (Å²) in [7, 11) is 2.06. The van der Waals surface area contributed by atoms with Crippen molar-refractivity contribution in [3.8, 4) is 0 Å². The molecule has 0 heterocycles. The van der Waals surface area contributed by atoms with E-state index < -0.39 is 0 Å². The SMILES string of the molecule is CN(CC(O)CNC(C)(C)C)CC(C)(C)C. The van der Waals surface area contributed by atoms with Gasteiger partial charge in [-0.05, 0) is 33.2 Å². The number of rotatable bonds is 5. The van der Waals surface area contributed by atoms with E-state index in [1.54, 1.807) is 0 Å². The first kappa shape index (κ1) is 15.9. The highest BCUT2D eigenvalue weighted by Gasteiger charge is 2.17. The molecule has 16 heavy (non-hydrogen) atoms. The molecule has 3 heteroatoms. The maximum Gasteiger partial charge on any atom is 0.0791 e. The van der Waals surface area contributed by atoms with Gasteiger partial charge in [0.1, 0.15) is 0 Å². The number of hydrogen-bond donors (Lipinski definition) is 2. The molecule has 1 atom stereocenters. The number of likely N-dealkylation sites (N-methyl/N-ethyl adjacent to an activating group) is 1. The van der Waals surface area contributed by atoms with Crippen LogP contribution in [0.3, 0.4) is 0 Å². The van der Waals surface area contributed by atoms with Gasteiger partial charge in [-0.2, -0.15) is 0 Å². The zero-order chi connectivity index (χ0) is 13.0. The van der Waals surface area contributed by atoms with Gasteiger partial charge in [0.15, 0.2) is 0 Å². The van der Waals surface area contributed by atoms with E-state index in [4.69, 9.17) is 0 Å². The molecule has 0 aliphatic heterocycles. The Morgan fingerprint density at radius 3 is 2.00 bits per heavy atom. The fraction of sp³-hybridized carbons (Fsp3) is 1.00. The van der Waals surface area contributed by atoms with Crippen molar-refractivity contribution in [2.24, 2.45) is 5.41 Å². The lowest BCUT2D eigenvalue weighted by Gasteiger charge is -2.29. The normalized spacial score (nSPS) is 15.6. The minimum absolute atomic E-state index is 0.0730. The van der Waals surface area contributed by atoms with E-state index >= 15 is 0 Å². The second-order valence-electron chi connectivity index (χ2n) is 7.04. The first-order chi connectivity index (χ1) is 6.99. The van der Waals surface area contributed by atoms with Gasteiger partial charge in [0.2, 0.25) is 0 Å². The van der Waals surface area contributed by atoms with Crippen molar-refractivity contribution < 1.29 is 5.11 Å². The van der Waals surface area contributed by atoms with Gasteiger partial charge in [-0.25, -0.2) is 0 Å². The Labute approximate surface area is 101 Å². The van der Waals surface area contributed by atoms with Crippen LogP contribution in [0.25, 0.3) is 0 Å². The highest BCUT2D eigenvalue weighted by atomic mass is 16.3. The summed E-state index contributed by atoms with van der Waals surface area (Å²) in [5.74, 6) is 0. The maximum atomic E-state index is 9.88. The van der Waals surface area contributed by atoms with Gasteiger partial charge in [-0.15, -0.1) is 0 Å². The monoisotopic (exact) mass is 230 g/mol. The number of hydrogen-bond acceptors (Lipinski definition) is 3. The Bertz CT molecular complexity index is 191. The Morgan fingerprint density at radius 2 is 1.62 bits per heavy atom. The molecule has 0 bridgehead atoms. The molecule has 0 aliphatic carbocycles. The first-order valence-electron chi connectivity index (χ1n) is 6.11. The lowest BCUT2D eigenvalue weighted by Crippen LogP contribution is -2.45. The number of β-amino-alcohol motifs (C(OH)–C–C–N with tert-alkyl or cyclic N) is 1. The highest BCUT2D eigenvalue weighted by Crippen LogP contribution is 2.14. The Kier molecular flexibility index (Phi) is 5.94. The van der Waals surface area contributed by atoms with Gasteiger partial charge in [0, 0.05) is 25.2 Å². The van der Waals surface area contributed by atoms with Crippen LogP contribution in [-0.4, -0.2) is 48.3 Å². The number of nitrogens with zero attached hydrogens (tertiary/aromatic N) is 1.